The van der Waals surface area contributed by atoms with E-state index in [2.05, 4.69) is 11.8 Å². The number of aliphatic hydroxyl groups excluding tert-OH is 3. The van der Waals surface area contributed by atoms with Gasteiger partial charge in [-0.05, 0) is 6.92 Å². The Labute approximate surface area is 93.0 Å². The molecule has 0 aromatic rings. The third-order valence-corrected chi connectivity index (χ3v) is 2.76. The van der Waals surface area contributed by atoms with E-state index in [4.69, 9.17) is 9.84 Å². The third-order valence-electron chi connectivity index (χ3n) is 2.76. The zero-order valence-electron chi connectivity index (χ0n) is 8.79. The molecular weight excluding hydrogens is 212 g/mol. The molecule has 88 valence electrons. The Morgan fingerprint density at radius 3 is 2.75 bits per heavy atom. The summed E-state index contributed by atoms with van der Waals surface area (Å²) in [5.74, 6) is 5.04. The van der Waals surface area contributed by atoms with Gasteiger partial charge >= 0.3 is 0 Å². The van der Waals surface area contributed by atoms with Crippen LogP contribution >= 0.6 is 0 Å². The van der Waals surface area contributed by atoms with Crippen LogP contribution in [0.3, 0.4) is 0 Å². The van der Waals surface area contributed by atoms with Gasteiger partial charge in [0, 0.05) is 0 Å². The van der Waals surface area contributed by atoms with Crippen molar-refractivity contribution >= 4 is 0 Å². The van der Waals surface area contributed by atoms with Crippen molar-refractivity contribution in [2.45, 2.75) is 36.4 Å². The largest absolute Gasteiger partial charge is 0.392 e. The Morgan fingerprint density at radius 2 is 2.12 bits per heavy atom. The maximum atomic E-state index is 9.69. The zero-order chi connectivity index (χ0) is 12.0. The van der Waals surface area contributed by atoms with Crippen LogP contribution in [0.25, 0.3) is 0 Å². The summed E-state index contributed by atoms with van der Waals surface area (Å²) in [5.41, 5.74) is -2.66. The molecule has 0 spiro atoms. The fraction of sp³-hybridized carbons (Fsp3) is 0.636. The molecule has 5 atom stereocenters. The third kappa shape index (κ3) is 1.75. The van der Waals surface area contributed by atoms with Crippen LogP contribution in [-0.4, -0.2) is 56.5 Å². The van der Waals surface area contributed by atoms with E-state index in [1.54, 1.807) is 0 Å². The van der Waals surface area contributed by atoms with Crippen LogP contribution in [-0.2, 0) is 4.74 Å². The molecule has 1 fully saturated rings. The Bertz CT molecular complexity index is 378. The van der Waals surface area contributed by atoms with Crippen molar-refractivity contribution in [3.63, 3.8) is 0 Å². The highest BCUT2D eigenvalue weighted by atomic mass is 16.6. The van der Waals surface area contributed by atoms with Crippen molar-refractivity contribution in [2.75, 3.05) is 6.61 Å². The van der Waals surface area contributed by atoms with E-state index in [-0.39, 0.29) is 0 Å². The number of fused-ring (bicyclic) bond motifs is 1. The van der Waals surface area contributed by atoms with E-state index in [9.17, 15) is 15.3 Å². The number of aliphatic hydroxyl groups is 4. The number of ether oxygens (including phenoxy) is 1. The minimum absolute atomic E-state index is 0.505. The Morgan fingerprint density at radius 1 is 1.44 bits per heavy atom. The first-order valence-electron chi connectivity index (χ1n) is 5.01. The van der Waals surface area contributed by atoms with E-state index in [1.807, 2.05) is 0 Å². The molecule has 0 aromatic heterocycles. The minimum atomic E-state index is -1.53. The Hall–Kier alpha value is -0.900. The molecule has 0 amide bonds. The molecule has 1 aliphatic carbocycles. The molecular formula is C11H14O5. The smallest absolute Gasteiger partial charge is 0.187 e. The van der Waals surface area contributed by atoms with E-state index in [0.717, 1.165) is 0 Å². The molecule has 0 radical (unpaired) electrons. The molecule has 2 aliphatic rings. The topological polar surface area (TPSA) is 93.5 Å². The molecule has 0 bridgehead atoms. The predicted molar refractivity (Wildman–Crippen MR) is 54.2 cm³/mol. The van der Waals surface area contributed by atoms with Crippen molar-refractivity contribution in [2.24, 2.45) is 0 Å². The summed E-state index contributed by atoms with van der Waals surface area (Å²) in [6.07, 6.45) is 0.581. The van der Waals surface area contributed by atoms with Gasteiger partial charge in [0.05, 0.1) is 6.61 Å². The van der Waals surface area contributed by atoms with Gasteiger partial charge in [0.1, 0.15) is 23.9 Å². The summed E-state index contributed by atoms with van der Waals surface area (Å²) in [5, 5.41) is 37.5. The van der Waals surface area contributed by atoms with Crippen LogP contribution in [0, 0.1) is 11.8 Å². The second-order valence-electron chi connectivity index (χ2n) is 4.33. The quantitative estimate of drug-likeness (QED) is 0.239. The lowest BCUT2D eigenvalue weighted by Gasteiger charge is -2.18. The van der Waals surface area contributed by atoms with E-state index in [0.29, 0.717) is 0 Å². The van der Waals surface area contributed by atoms with Crippen molar-refractivity contribution in [3.05, 3.63) is 12.2 Å². The van der Waals surface area contributed by atoms with Gasteiger partial charge in [0.25, 0.3) is 0 Å². The molecule has 16 heavy (non-hydrogen) atoms. The molecule has 0 saturated carbocycles. The fourth-order valence-corrected chi connectivity index (χ4v) is 1.65. The van der Waals surface area contributed by atoms with Crippen LogP contribution in [0.5, 0.6) is 0 Å². The summed E-state index contributed by atoms with van der Waals surface area (Å²) in [6, 6.07) is 0. The molecule has 2 rings (SSSR count). The first-order valence-corrected chi connectivity index (χ1v) is 5.01. The first kappa shape index (κ1) is 11.6. The first-order chi connectivity index (χ1) is 7.41. The highest BCUT2D eigenvalue weighted by Gasteiger charge is 2.64. The number of epoxide rings is 1. The van der Waals surface area contributed by atoms with Crippen LogP contribution in [0.1, 0.15) is 6.92 Å². The van der Waals surface area contributed by atoms with Gasteiger partial charge in [-0.2, -0.15) is 0 Å². The lowest BCUT2D eigenvalue weighted by molar-refractivity contribution is 0.0513. The van der Waals surface area contributed by atoms with Gasteiger partial charge < -0.3 is 25.2 Å². The zero-order valence-corrected chi connectivity index (χ0v) is 8.79. The van der Waals surface area contributed by atoms with Crippen molar-refractivity contribution in [1.29, 1.82) is 0 Å². The summed E-state index contributed by atoms with van der Waals surface area (Å²) < 4.78 is 5.20. The van der Waals surface area contributed by atoms with Crippen molar-refractivity contribution in [1.82, 2.24) is 0 Å². The van der Waals surface area contributed by atoms with Crippen LogP contribution in [0.4, 0.5) is 0 Å². The lowest BCUT2D eigenvalue weighted by Crippen LogP contribution is -2.37. The fourth-order valence-electron chi connectivity index (χ4n) is 1.65. The van der Waals surface area contributed by atoms with Crippen LogP contribution < -0.4 is 0 Å². The number of hydrogen-bond acceptors (Lipinski definition) is 5. The highest BCUT2D eigenvalue weighted by Crippen LogP contribution is 2.45. The lowest BCUT2D eigenvalue weighted by atomic mass is 9.89. The second kappa shape index (κ2) is 3.55. The average Bonchev–Trinajstić information content (AvgIpc) is 2.99. The second-order valence-corrected chi connectivity index (χ2v) is 4.33. The Kier molecular flexibility index (Phi) is 2.57. The summed E-state index contributed by atoms with van der Waals surface area (Å²) in [6.45, 7) is 0.852. The molecule has 0 unspecified atom stereocenters. The SMILES string of the molecule is C[C@](O)(C#C[C@@]12O[C@@H]1[C@@H](O)C=C[C@@H]2O)CO. The average molecular weight is 226 g/mol. The van der Waals surface area contributed by atoms with Crippen molar-refractivity contribution in [3.8, 4) is 11.8 Å². The normalized spacial score (nSPS) is 43.9. The minimum Gasteiger partial charge on any atom is -0.392 e. The van der Waals surface area contributed by atoms with Gasteiger partial charge in [-0.25, -0.2) is 0 Å². The Balaban J connectivity index is 2.20. The predicted octanol–water partition coefficient (Wildman–Crippen LogP) is -1.84. The molecule has 5 heteroatoms. The molecule has 4 N–H and O–H groups in total. The standard InChI is InChI=1S/C11H14O5/c1-10(15,6-12)4-5-11-8(14)3-2-7(13)9(11)16-11/h2-3,7-9,12-15H,6H2,1H3/t7-,8-,9+,10-,11-/m0/s1. The maximum Gasteiger partial charge on any atom is 0.187 e. The summed E-state index contributed by atoms with van der Waals surface area (Å²) in [7, 11) is 0. The van der Waals surface area contributed by atoms with Gasteiger partial charge in [0.2, 0.25) is 0 Å². The molecule has 1 heterocycles. The monoisotopic (exact) mass is 226 g/mol. The molecule has 1 saturated heterocycles. The molecule has 1 aliphatic heterocycles. The van der Waals surface area contributed by atoms with Crippen LogP contribution in [0.2, 0.25) is 0 Å². The van der Waals surface area contributed by atoms with Gasteiger partial charge in [-0.1, -0.05) is 24.0 Å². The van der Waals surface area contributed by atoms with E-state index in [1.165, 1.54) is 19.1 Å². The molecule has 5 nitrogen and oxygen atoms in total. The van der Waals surface area contributed by atoms with Crippen LogP contribution in [0.15, 0.2) is 12.2 Å². The van der Waals surface area contributed by atoms with Gasteiger partial charge in [-0.15, -0.1) is 0 Å². The van der Waals surface area contributed by atoms with E-state index >= 15 is 0 Å². The molecule has 0 aromatic carbocycles. The highest BCUT2D eigenvalue weighted by molar-refractivity contribution is 5.38. The number of hydrogen-bond donors (Lipinski definition) is 4. The number of rotatable bonds is 1. The summed E-state index contributed by atoms with van der Waals surface area (Å²) >= 11 is 0. The van der Waals surface area contributed by atoms with Crippen molar-refractivity contribution < 1.29 is 25.2 Å². The van der Waals surface area contributed by atoms with Gasteiger partial charge in [-0.3, -0.25) is 0 Å². The van der Waals surface area contributed by atoms with Gasteiger partial charge in [0.15, 0.2) is 5.60 Å². The summed E-state index contributed by atoms with van der Waals surface area (Å²) in [4.78, 5) is 0. The van der Waals surface area contributed by atoms with E-state index < -0.39 is 36.1 Å². The maximum absolute atomic E-state index is 9.69.